The summed E-state index contributed by atoms with van der Waals surface area (Å²) in [5.41, 5.74) is 2.63. The van der Waals surface area contributed by atoms with Crippen LogP contribution in [0.1, 0.15) is 36.8 Å². The number of benzene rings is 2. The van der Waals surface area contributed by atoms with Crippen LogP contribution in [0.15, 0.2) is 65.6 Å². The topological polar surface area (TPSA) is 63.6 Å². The second kappa shape index (κ2) is 7.47. The molecule has 28 heavy (non-hydrogen) atoms. The van der Waals surface area contributed by atoms with Gasteiger partial charge < -0.3 is 5.11 Å². The number of aryl methyl sites for hydroxylation is 1. The summed E-state index contributed by atoms with van der Waals surface area (Å²) < 4.78 is 30.0. The molecule has 3 atom stereocenters. The zero-order valence-corrected chi connectivity index (χ0v) is 16.9. The zero-order valence-electron chi connectivity index (χ0n) is 16.0. The highest BCUT2D eigenvalue weighted by molar-refractivity contribution is 7.86. The summed E-state index contributed by atoms with van der Waals surface area (Å²) >= 11 is 0. The SMILES string of the molecule is Cc1ccc(S(=O)(=O)OCC[C@]2(O)C[C@H]3CC[C@@H]2C=C3c2ccccc2)cc1. The fourth-order valence-electron chi connectivity index (χ4n) is 4.54. The number of rotatable bonds is 6. The maximum atomic E-state index is 12.4. The lowest BCUT2D eigenvalue weighted by Crippen LogP contribution is -2.47. The molecule has 5 heteroatoms. The van der Waals surface area contributed by atoms with E-state index in [1.165, 1.54) is 11.1 Å². The number of allylic oxidation sites excluding steroid dienone is 1. The third kappa shape index (κ3) is 3.79. The second-order valence-electron chi connectivity index (χ2n) is 8.02. The van der Waals surface area contributed by atoms with Crippen molar-refractivity contribution in [3.8, 4) is 0 Å². The molecule has 0 radical (unpaired) electrons. The smallest absolute Gasteiger partial charge is 0.296 e. The summed E-state index contributed by atoms with van der Waals surface area (Å²) in [6.45, 7) is 1.90. The molecule has 2 aromatic carbocycles. The van der Waals surface area contributed by atoms with Gasteiger partial charge in [-0.05, 0) is 55.4 Å². The van der Waals surface area contributed by atoms with Crippen LogP contribution >= 0.6 is 0 Å². The number of fused-ring (bicyclic) bond motifs is 2. The fourth-order valence-corrected chi connectivity index (χ4v) is 5.45. The molecule has 1 N–H and O–H groups in total. The summed E-state index contributed by atoms with van der Waals surface area (Å²) in [5.74, 6) is 0.351. The van der Waals surface area contributed by atoms with Crippen LogP contribution in [0.2, 0.25) is 0 Å². The summed E-state index contributed by atoms with van der Waals surface area (Å²) in [5, 5.41) is 11.2. The van der Waals surface area contributed by atoms with E-state index in [0.717, 1.165) is 18.4 Å². The first kappa shape index (κ1) is 19.4. The monoisotopic (exact) mass is 398 g/mol. The van der Waals surface area contributed by atoms with Crippen LogP contribution in [0, 0.1) is 18.8 Å². The Hall–Kier alpha value is -1.95. The predicted octanol–water partition coefficient (Wildman–Crippen LogP) is 4.34. The third-order valence-electron chi connectivity index (χ3n) is 6.13. The molecular weight excluding hydrogens is 372 g/mol. The van der Waals surface area contributed by atoms with Crippen molar-refractivity contribution in [2.45, 2.75) is 43.1 Å². The maximum Gasteiger partial charge on any atom is 0.296 e. The van der Waals surface area contributed by atoms with Crippen LogP contribution in [-0.4, -0.2) is 25.7 Å². The molecule has 0 aromatic heterocycles. The Morgan fingerprint density at radius 1 is 1.07 bits per heavy atom. The van der Waals surface area contributed by atoms with Gasteiger partial charge >= 0.3 is 0 Å². The van der Waals surface area contributed by atoms with Crippen molar-refractivity contribution in [2.75, 3.05) is 6.61 Å². The molecule has 0 unspecified atom stereocenters. The van der Waals surface area contributed by atoms with Crippen molar-refractivity contribution in [1.29, 1.82) is 0 Å². The molecule has 0 aliphatic heterocycles. The van der Waals surface area contributed by atoms with E-state index in [1.807, 2.05) is 25.1 Å². The van der Waals surface area contributed by atoms with E-state index in [0.29, 0.717) is 18.8 Å². The summed E-state index contributed by atoms with van der Waals surface area (Å²) in [6.07, 6.45) is 5.17. The first-order valence-corrected chi connectivity index (χ1v) is 11.2. The summed E-state index contributed by atoms with van der Waals surface area (Å²) in [4.78, 5) is 0.154. The maximum absolute atomic E-state index is 12.4. The van der Waals surface area contributed by atoms with E-state index in [4.69, 9.17) is 4.18 Å². The van der Waals surface area contributed by atoms with Crippen LogP contribution in [0.25, 0.3) is 5.57 Å². The van der Waals surface area contributed by atoms with Gasteiger partial charge in [-0.2, -0.15) is 8.42 Å². The highest BCUT2D eigenvalue weighted by Crippen LogP contribution is 2.51. The van der Waals surface area contributed by atoms with Crippen molar-refractivity contribution in [3.05, 3.63) is 71.8 Å². The molecule has 4 nitrogen and oxygen atoms in total. The molecule has 1 fully saturated rings. The molecule has 0 amide bonds. The molecule has 148 valence electrons. The standard InChI is InChI=1S/C23H26O4S/c1-17-7-11-21(12-8-17)28(25,26)27-14-13-23(24)16-19-9-10-20(23)15-22(19)18-5-3-2-4-6-18/h2-8,11-12,15,19-20,24H,9-10,13-14,16H2,1H3/t19-,20-,23+/m1/s1. The van der Waals surface area contributed by atoms with Gasteiger partial charge in [0.15, 0.2) is 0 Å². The largest absolute Gasteiger partial charge is 0.389 e. The molecule has 0 saturated heterocycles. The molecule has 3 aliphatic rings. The van der Waals surface area contributed by atoms with Crippen molar-refractivity contribution < 1.29 is 17.7 Å². The lowest BCUT2D eigenvalue weighted by atomic mass is 9.61. The van der Waals surface area contributed by atoms with Gasteiger partial charge in [-0.25, -0.2) is 0 Å². The van der Waals surface area contributed by atoms with Crippen LogP contribution in [0.3, 0.4) is 0 Å². The van der Waals surface area contributed by atoms with Gasteiger partial charge in [0, 0.05) is 12.3 Å². The van der Waals surface area contributed by atoms with Crippen molar-refractivity contribution in [2.24, 2.45) is 11.8 Å². The third-order valence-corrected chi connectivity index (χ3v) is 7.45. The molecular formula is C23H26O4S. The van der Waals surface area contributed by atoms with Gasteiger partial charge in [-0.3, -0.25) is 4.18 Å². The van der Waals surface area contributed by atoms with Gasteiger partial charge in [-0.1, -0.05) is 54.1 Å². The number of hydrogen-bond donors (Lipinski definition) is 1. The molecule has 2 bridgehead atoms. The van der Waals surface area contributed by atoms with Gasteiger partial charge in [-0.15, -0.1) is 0 Å². The van der Waals surface area contributed by atoms with E-state index in [2.05, 4.69) is 18.2 Å². The minimum atomic E-state index is -3.80. The van der Waals surface area contributed by atoms with Crippen molar-refractivity contribution >= 4 is 15.7 Å². The Morgan fingerprint density at radius 2 is 1.79 bits per heavy atom. The normalized spacial score (nSPS) is 26.9. The number of aliphatic hydroxyl groups is 1. The minimum Gasteiger partial charge on any atom is -0.389 e. The average molecular weight is 399 g/mol. The highest BCUT2D eigenvalue weighted by Gasteiger charge is 2.46. The predicted molar refractivity (Wildman–Crippen MR) is 109 cm³/mol. The fraction of sp³-hybridized carbons (Fsp3) is 0.391. The van der Waals surface area contributed by atoms with Gasteiger partial charge in [0.25, 0.3) is 10.1 Å². The lowest BCUT2D eigenvalue weighted by Gasteiger charge is -2.47. The second-order valence-corrected chi connectivity index (χ2v) is 9.63. The van der Waals surface area contributed by atoms with Crippen LogP contribution in [0.4, 0.5) is 0 Å². The van der Waals surface area contributed by atoms with E-state index in [1.54, 1.807) is 24.3 Å². The van der Waals surface area contributed by atoms with E-state index in [9.17, 15) is 13.5 Å². The van der Waals surface area contributed by atoms with E-state index < -0.39 is 15.7 Å². The Labute approximate surface area is 167 Å². The molecule has 0 heterocycles. The first-order valence-electron chi connectivity index (χ1n) is 9.83. The molecule has 0 spiro atoms. The van der Waals surface area contributed by atoms with Crippen LogP contribution < -0.4 is 0 Å². The van der Waals surface area contributed by atoms with Crippen molar-refractivity contribution in [1.82, 2.24) is 0 Å². The van der Waals surface area contributed by atoms with Gasteiger partial charge in [0.2, 0.25) is 0 Å². The summed E-state index contributed by atoms with van der Waals surface area (Å²) in [6, 6.07) is 16.9. The Balaban J connectivity index is 1.43. The summed E-state index contributed by atoms with van der Waals surface area (Å²) in [7, 11) is -3.80. The van der Waals surface area contributed by atoms with Crippen molar-refractivity contribution in [3.63, 3.8) is 0 Å². The minimum absolute atomic E-state index is 0.00948. The quantitative estimate of drug-likeness (QED) is 0.736. The average Bonchev–Trinajstić information content (AvgIpc) is 2.69. The van der Waals surface area contributed by atoms with E-state index >= 15 is 0 Å². The molecule has 2 aromatic rings. The Kier molecular flexibility index (Phi) is 5.17. The van der Waals surface area contributed by atoms with E-state index in [-0.39, 0.29) is 17.4 Å². The van der Waals surface area contributed by atoms with Crippen LogP contribution in [0.5, 0.6) is 0 Å². The lowest BCUT2D eigenvalue weighted by molar-refractivity contribution is -0.0598. The Bertz CT molecular complexity index is 963. The van der Waals surface area contributed by atoms with Gasteiger partial charge in [0.05, 0.1) is 17.1 Å². The highest BCUT2D eigenvalue weighted by atomic mass is 32.2. The Morgan fingerprint density at radius 3 is 2.43 bits per heavy atom. The van der Waals surface area contributed by atoms with Crippen LogP contribution in [-0.2, 0) is 14.3 Å². The molecule has 5 rings (SSSR count). The first-order chi connectivity index (χ1) is 13.4. The number of hydrogen-bond acceptors (Lipinski definition) is 4. The van der Waals surface area contributed by atoms with Gasteiger partial charge in [0.1, 0.15) is 0 Å². The molecule has 1 saturated carbocycles. The zero-order chi connectivity index (χ0) is 19.8. The molecule has 3 aliphatic carbocycles.